The lowest BCUT2D eigenvalue weighted by atomic mass is 9.85. The maximum absolute atomic E-state index is 12.2. The van der Waals surface area contributed by atoms with E-state index in [0.29, 0.717) is 12.3 Å². The van der Waals surface area contributed by atoms with Crippen LogP contribution in [0.2, 0.25) is 0 Å². The fourth-order valence-corrected chi connectivity index (χ4v) is 4.86. The second-order valence-electron chi connectivity index (χ2n) is 11.1. The molecular weight excluding hydrogens is 438 g/mol. The highest BCUT2D eigenvalue weighted by molar-refractivity contribution is 7.96. The van der Waals surface area contributed by atoms with Gasteiger partial charge in [-0.25, -0.2) is 0 Å². The average molecular weight is 492 g/mol. The van der Waals surface area contributed by atoms with Gasteiger partial charge in [-0.3, -0.25) is 4.79 Å². The highest BCUT2D eigenvalue weighted by atomic mass is 32.1. The van der Waals surface area contributed by atoms with Gasteiger partial charge in [0.25, 0.3) is 5.24 Å². The third kappa shape index (κ3) is 12.5. The molecule has 0 unspecified atom stereocenters. The first-order chi connectivity index (χ1) is 16.2. The summed E-state index contributed by atoms with van der Waals surface area (Å²) >= 11 is 4.13. The van der Waals surface area contributed by atoms with Crippen LogP contribution in [0.4, 0.5) is 10.5 Å². The number of hydrogen-bond acceptors (Lipinski definition) is 2. The van der Waals surface area contributed by atoms with E-state index in [0.717, 1.165) is 29.7 Å². The van der Waals surface area contributed by atoms with Crippen LogP contribution >= 0.6 is 12.6 Å². The van der Waals surface area contributed by atoms with Crippen LogP contribution < -0.4 is 4.90 Å². The molecule has 0 bridgehead atoms. The average Bonchev–Trinajstić information content (AvgIpc) is 2.76. The molecule has 0 heterocycles. The monoisotopic (exact) mass is 491 g/mol. The predicted octanol–water partition coefficient (Wildman–Crippen LogP) is 10.1. The Morgan fingerprint density at radius 3 is 1.59 bits per heavy atom. The van der Waals surface area contributed by atoms with Crippen LogP contribution in [0.1, 0.15) is 142 Å². The van der Waals surface area contributed by atoms with Gasteiger partial charge in [-0.1, -0.05) is 137 Å². The quantitative estimate of drug-likeness (QED) is 0.158. The fourth-order valence-electron chi connectivity index (χ4n) is 4.64. The summed E-state index contributed by atoms with van der Waals surface area (Å²) in [6, 6.07) is 3.84. The molecule has 0 saturated heterocycles. The number of aromatic hydroxyl groups is 1. The normalized spacial score (nSPS) is 11.7. The molecule has 1 rings (SSSR count). The number of nitrogens with zero attached hydrogens (tertiary/aromatic N) is 1. The highest BCUT2D eigenvalue weighted by Crippen LogP contribution is 2.37. The van der Waals surface area contributed by atoms with Crippen LogP contribution in [0.5, 0.6) is 5.75 Å². The van der Waals surface area contributed by atoms with E-state index in [9.17, 15) is 9.90 Å². The third-order valence-corrected chi connectivity index (χ3v) is 7.11. The summed E-state index contributed by atoms with van der Waals surface area (Å²) in [4.78, 5) is 14.0. The molecule has 0 radical (unpaired) electrons. The summed E-state index contributed by atoms with van der Waals surface area (Å²) in [5, 5.41) is 10.2. The Morgan fingerprint density at radius 1 is 0.794 bits per heavy atom. The molecule has 1 N–H and O–H groups in total. The van der Waals surface area contributed by atoms with Gasteiger partial charge in [-0.05, 0) is 36.5 Å². The molecule has 0 aliphatic carbocycles. The lowest BCUT2D eigenvalue weighted by molar-refractivity contribution is 0.265. The van der Waals surface area contributed by atoms with E-state index in [1.54, 1.807) is 4.90 Å². The van der Waals surface area contributed by atoms with Gasteiger partial charge in [0, 0.05) is 17.8 Å². The number of rotatable bonds is 18. The number of anilines is 1. The van der Waals surface area contributed by atoms with E-state index in [4.69, 9.17) is 0 Å². The second-order valence-corrected chi connectivity index (χ2v) is 11.5. The fraction of sp³-hybridized carbons (Fsp3) is 0.767. The zero-order valence-corrected chi connectivity index (χ0v) is 23.8. The van der Waals surface area contributed by atoms with Crippen LogP contribution in [0.25, 0.3) is 0 Å². The number of carbonyl (C=O) groups is 1. The molecule has 1 aromatic rings. The van der Waals surface area contributed by atoms with Crippen LogP contribution in [0, 0.1) is 6.92 Å². The first kappa shape index (κ1) is 30.9. The number of benzene rings is 1. The minimum atomic E-state index is -0.231. The molecule has 0 aliphatic rings. The predicted molar refractivity (Wildman–Crippen MR) is 153 cm³/mol. The Kier molecular flexibility index (Phi) is 15.7. The van der Waals surface area contributed by atoms with Gasteiger partial charge < -0.3 is 10.0 Å². The number of aryl methyl sites for hydroxylation is 1. The highest BCUT2D eigenvalue weighted by Gasteiger charge is 2.22. The maximum atomic E-state index is 12.2. The van der Waals surface area contributed by atoms with Gasteiger partial charge in [0.1, 0.15) is 5.75 Å². The molecule has 4 heteroatoms. The Morgan fingerprint density at radius 2 is 1.21 bits per heavy atom. The van der Waals surface area contributed by atoms with Crippen molar-refractivity contribution in [3.63, 3.8) is 0 Å². The van der Waals surface area contributed by atoms with Crippen molar-refractivity contribution in [3.05, 3.63) is 23.3 Å². The number of hydrogen-bond donors (Lipinski definition) is 2. The number of thiol groups is 1. The van der Waals surface area contributed by atoms with Crippen molar-refractivity contribution < 1.29 is 9.90 Å². The van der Waals surface area contributed by atoms with Crippen molar-refractivity contribution in [2.45, 2.75) is 143 Å². The molecule has 0 aliphatic heterocycles. The maximum Gasteiger partial charge on any atom is 0.282 e. The molecule has 0 aromatic heterocycles. The van der Waals surface area contributed by atoms with Gasteiger partial charge in [0.15, 0.2) is 0 Å². The van der Waals surface area contributed by atoms with Crippen molar-refractivity contribution in [2.24, 2.45) is 0 Å². The third-order valence-electron chi connectivity index (χ3n) is 6.87. The molecule has 0 spiro atoms. The molecule has 196 valence electrons. The van der Waals surface area contributed by atoms with E-state index in [1.807, 2.05) is 19.1 Å². The summed E-state index contributed by atoms with van der Waals surface area (Å²) < 4.78 is 0. The summed E-state index contributed by atoms with van der Waals surface area (Å²) in [6.45, 7) is 11.1. The molecule has 0 atom stereocenters. The molecule has 3 nitrogen and oxygen atoms in total. The Hall–Kier alpha value is -1.16. The number of phenolic OH excluding ortho intramolecular Hbond substituents is 1. The van der Waals surface area contributed by atoms with Crippen molar-refractivity contribution in [2.75, 3.05) is 11.4 Å². The largest absolute Gasteiger partial charge is 0.507 e. The Bertz CT molecular complexity index is 696. The van der Waals surface area contributed by atoms with Gasteiger partial charge in [-0.2, -0.15) is 0 Å². The number of amides is 1. The van der Waals surface area contributed by atoms with E-state index in [2.05, 4.69) is 40.3 Å². The molecular formula is C30H53NO2S. The number of carbonyl (C=O) groups excluding carboxylic acids is 1. The molecule has 1 amide bonds. The van der Waals surface area contributed by atoms with Crippen molar-refractivity contribution in [3.8, 4) is 5.75 Å². The summed E-state index contributed by atoms with van der Waals surface area (Å²) in [6.07, 6.45) is 21.4. The van der Waals surface area contributed by atoms with E-state index < -0.39 is 0 Å². The van der Waals surface area contributed by atoms with E-state index in [-0.39, 0.29) is 10.7 Å². The van der Waals surface area contributed by atoms with Crippen molar-refractivity contribution in [1.29, 1.82) is 0 Å². The number of phenols is 1. The zero-order valence-electron chi connectivity index (χ0n) is 22.9. The molecule has 0 saturated carbocycles. The van der Waals surface area contributed by atoms with Crippen molar-refractivity contribution in [1.82, 2.24) is 0 Å². The lowest BCUT2D eigenvalue weighted by Gasteiger charge is -2.26. The smallest absolute Gasteiger partial charge is 0.282 e. The number of unbranched alkanes of at least 4 members (excludes halogenated alkanes) is 15. The molecule has 0 fully saturated rings. The standard InChI is InChI=1S/C30H53NO2S/c1-6-7-8-9-10-11-12-13-14-15-16-17-18-19-20-21-22-31(29(33)34)26-23-25(2)28(32)27(24-26)30(3,4)5/h23-24,32H,6-22H2,1-5H3,(H,33,34). The van der Waals surface area contributed by atoms with Crippen LogP contribution in [-0.2, 0) is 5.41 Å². The first-order valence-corrected chi connectivity index (χ1v) is 14.5. The summed E-state index contributed by atoms with van der Waals surface area (Å²) in [5.74, 6) is 0.324. The van der Waals surface area contributed by atoms with Gasteiger partial charge >= 0.3 is 0 Å². The minimum absolute atomic E-state index is 0.190. The van der Waals surface area contributed by atoms with Gasteiger partial charge in [-0.15, -0.1) is 0 Å². The van der Waals surface area contributed by atoms with Gasteiger partial charge in [0.2, 0.25) is 0 Å². The Balaban J connectivity index is 2.21. The Labute approximate surface area is 216 Å². The van der Waals surface area contributed by atoms with Gasteiger partial charge in [0.05, 0.1) is 0 Å². The zero-order chi connectivity index (χ0) is 25.4. The van der Waals surface area contributed by atoms with Crippen LogP contribution in [0.3, 0.4) is 0 Å². The lowest BCUT2D eigenvalue weighted by Crippen LogP contribution is -2.27. The summed E-state index contributed by atoms with van der Waals surface area (Å²) in [5.41, 5.74) is 2.31. The SMILES string of the molecule is CCCCCCCCCCCCCCCCCCN(C(=O)S)c1cc(C)c(O)c(C(C)(C)C)c1. The topological polar surface area (TPSA) is 40.5 Å². The minimum Gasteiger partial charge on any atom is -0.507 e. The van der Waals surface area contributed by atoms with E-state index >= 15 is 0 Å². The molecule has 34 heavy (non-hydrogen) atoms. The van der Waals surface area contributed by atoms with Crippen molar-refractivity contribution >= 4 is 23.6 Å². The first-order valence-electron chi connectivity index (χ1n) is 14.0. The van der Waals surface area contributed by atoms with Crippen LogP contribution in [0.15, 0.2) is 12.1 Å². The van der Waals surface area contributed by atoms with Crippen LogP contribution in [-0.4, -0.2) is 16.9 Å². The molecule has 1 aromatic carbocycles. The second kappa shape index (κ2) is 17.3. The summed E-state index contributed by atoms with van der Waals surface area (Å²) in [7, 11) is 0. The van der Waals surface area contributed by atoms with E-state index in [1.165, 1.54) is 89.9 Å².